The van der Waals surface area contributed by atoms with Crippen molar-refractivity contribution in [2.24, 2.45) is 0 Å². The third kappa shape index (κ3) is 2.04. The number of nitrogens with zero attached hydrogens (tertiary/aromatic N) is 2. The zero-order valence-corrected chi connectivity index (χ0v) is 11.8. The Bertz CT molecular complexity index is 692. The zero-order chi connectivity index (χ0) is 12.7. The molecule has 0 unspecified atom stereocenters. The molecule has 0 bridgehead atoms. The van der Waals surface area contributed by atoms with Crippen molar-refractivity contribution in [1.29, 1.82) is 0 Å². The number of thiazole rings is 1. The van der Waals surface area contributed by atoms with E-state index in [1.165, 1.54) is 15.8 Å². The van der Waals surface area contributed by atoms with Gasteiger partial charge in [0.2, 0.25) is 0 Å². The van der Waals surface area contributed by atoms with Crippen LogP contribution < -0.4 is 0 Å². The van der Waals surface area contributed by atoms with E-state index >= 15 is 0 Å². The average Bonchev–Trinajstić information content (AvgIpc) is 2.84. The van der Waals surface area contributed by atoms with Crippen LogP contribution in [0, 0.1) is 13.8 Å². The van der Waals surface area contributed by atoms with Crippen molar-refractivity contribution >= 4 is 33.8 Å². The molecular weight excluding hydrogens is 264 g/mol. The van der Waals surface area contributed by atoms with Gasteiger partial charge in [0.1, 0.15) is 5.01 Å². The summed E-state index contributed by atoms with van der Waals surface area (Å²) in [6, 6.07) is 8.07. The first-order valence-electron chi connectivity index (χ1n) is 5.81. The molecule has 0 spiro atoms. The standard InChI is InChI=1S/C14H13ClN2S/c1-9-10(2)18-14(16-9)8-17-6-5-11-7-12(15)3-4-13(11)17/h3-7H,8H2,1-2H3. The molecule has 0 aliphatic rings. The fraction of sp³-hybridized carbons (Fsp3) is 0.214. The van der Waals surface area contributed by atoms with Gasteiger partial charge in [-0.2, -0.15) is 0 Å². The van der Waals surface area contributed by atoms with E-state index in [1.807, 2.05) is 12.1 Å². The molecule has 0 aliphatic heterocycles. The van der Waals surface area contributed by atoms with Crippen LogP contribution in [-0.4, -0.2) is 9.55 Å². The van der Waals surface area contributed by atoms with E-state index < -0.39 is 0 Å². The smallest absolute Gasteiger partial charge is 0.113 e. The van der Waals surface area contributed by atoms with Crippen molar-refractivity contribution in [3.63, 3.8) is 0 Å². The molecule has 3 rings (SSSR count). The van der Waals surface area contributed by atoms with Gasteiger partial charge in [0.15, 0.2) is 0 Å². The molecule has 2 aromatic heterocycles. The summed E-state index contributed by atoms with van der Waals surface area (Å²) >= 11 is 7.76. The first-order valence-corrected chi connectivity index (χ1v) is 7.00. The first-order chi connectivity index (χ1) is 8.63. The van der Waals surface area contributed by atoms with Crippen LogP contribution in [0.15, 0.2) is 30.5 Å². The Morgan fingerprint density at radius 3 is 2.83 bits per heavy atom. The maximum Gasteiger partial charge on any atom is 0.113 e. The molecule has 2 heterocycles. The number of hydrogen-bond donors (Lipinski definition) is 0. The Morgan fingerprint density at radius 1 is 1.28 bits per heavy atom. The largest absolute Gasteiger partial charge is 0.341 e. The molecule has 2 nitrogen and oxygen atoms in total. The molecule has 3 aromatic rings. The van der Waals surface area contributed by atoms with Crippen molar-refractivity contribution in [3.05, 3.63) is 51.1 Å². The molecule has 0 atom stereocenters. The fourth-order valence-electron chi connectivity index (χ4n) is 2.06. The summed E-state index contributed by atoms with van der Waals surface area (Å²) in [5.41, 5.74) is 2.33. The van der Waals surface area contributed by atoms with Gasteiger partial charge in [-0.25, -0.2) is 4.98 Å². The van der Waals surface area contributed by atoms with Gasteiger partial charge in [-0.3, -0.25) is 0 Å². The average molecular weight is 277 g/mol. The number of aromatic nitrogens is 2. The van der Waals surface area contributed by atoms with E-state index in [2.05, 4.69) is 41.7 Å². The van der Waals surface area contributed by atoms with E-state index in [-0.39, 0.29) is 0 Å². The van der Waals surface area contributed by atoms with Gasteiger partial charge in [0, 0.05) is 27.0 Å². The van der Waals surface area contributed by atoms with Gasteiger partial charge in [-0.1, -0.05) is 11.6 Å². The van der Waals surface area contributed by atoms with Crippen LogP contribution in [0.25, 0.3) is 10.9 Å². The SMILES string of the molecule is Cc1nc(Cn2ccc3cc(Cl)ccc32)sc1C. The van der Waals surface area contributed by atoms with Gasteiger partial charge in [0.25, 0.3) is 0 Å². The molecule has 0 N–H and O–H groups in total. The van der Waals surface area contributed by atoms with Crippen LogP contribution in [0.5, 0.6) is 0 Å². The van der Waals surface area contributed by atoms with Crippen LogP contribution in [-0.2, 0) is 6.54 Å². The second kappa shape index (κ2) is 4.41. The van der Waals surface area contributed by atoms with Crippen molar-refractivity contribution < 1.29 is 0 Å². The number of halogens is 1. The molecule has 92 valence electrons. The predicted molar refractivity (Wildman–Crippen MR) is 77.6 cm³/mol. The highest BCUT2D eigenvalue weighted by Gasteiger charge is 2.06. The van der Waals surface area contributed by atoms with E-state index in [0.717, 1.165) is 22.3 Å². The second-order valence-corrected chi connectivity index (χ2v) is 6.12. The minimum Gasteiger partial charge on any atom is -0.341 e. The van der Waals surface area contributed by atoms with E-state index in [0.29, 0.717) is 0 Å². The Labute approximate surface area is 115 Å². The molecule has 0 amide bonds. The summed E-state index contributed by atoms with van der Waals surface area (Å²) in [7, 11) is 0. The maximum atomic E-state index is 5.99. The number of benzene rings is 1. The summed E-state index contributed by atoms with van der Waals surface area (Å²) < 4.78 is 2.21. The second-order valence-electron chi connectivity index (χ2n) is 4.40. The van der Waals surface area contributed by atoms with Gasteiger partial charge in [0.05, 0.1) is 12.2 Å². The number of fused-ring (bicyclic) bond motifs is 1. The molecule has 0 saturated carbocycles. The molecule has 18 heavy (non-hydrogen) atoms. The summed E-state index contributed by atoms with van der Waals surface area (Å²) in [6.45, 7) is 5.00. The maximum absolute atomic E-state index is 5.99. The Morgan fingerprint density at radius 2 is 2.11 bits per heavy atom. The number of aryl methyl sites for hydroxylation is 2. The predicted octanol–water partition coefficient (Wildman–Crippen LogP) is 4.42. The zero-order valence-electron chi connectivity index (χ0n) is 10.3. The molecule has 0 saturated heterocycles. The third-order valence-electron chi connectivity index (χ3n) is 3.11. The monoisotopic (exact) mass is 276 g/mol. The lowest BCUT2D eigenvalue weighted by Crippen LogP contribution is -1.97. The number of hydrogen-bond acceptors (Lipinski definition) is 2. The van der Waals surface area contributed by atoms with E-state index in [1.54, 1.807) is 11.3 Å². The molecule has 1 aromatic carbocycles. The van der Waals surface area contributed by atoms with Gasteiger partial charge >= 0.3 is 0 Å². The van der Waals surface area contributed by atoms with Crippen molar-refractivity contribution in [1.82, 2.24) is 9.55 Å². The van der Waals surface area contributed by atoms with E-state index in [4.69, 9.17) is 11.6 Å². The highest BCUT2D eigenvalue weighted by Crippen LogP contribution is 2.23. The van der Waals surface area contributed by atoms with Crippen LogP contribution in [0.3, 0.4) is 0 Å². The third-order valence-corrected chi connectivity index (χ3v) is 4.40. The summed E-state index contributed by atoms with van der Waals surface area (Å²) in [5, 5.41) is 3.10. The van der Waals surface area contributed by atoms with Crippen LogP contribution in [0.1, 0.15) is 15.6 Å². The van der Waals surface area contributed by atoms with Crippen LogP contribution in [0.2, 0.25) is 5.02 Å². The van der Waals surface area contributed by atoms with Crippen LogP contribution >= 0.6 is 22.9 Å². The lowest BCUT2D eigenvalue weighted by molar-refractivity contribution is 0.824. The summed E-state index contributed by atoms with van der Waals surface area (Å²) in [4.78, 5) is 5.88. The highest BCUT2D eigenvalue weighted by atomic mass is 35.5. The summed E-state index contributed by atoms with van der Waals surface area (Å²) in [6.07, 6.45) is 2.09. The normalized spacial score (nSPS) is 11.3. The van der Waals surface area contributed by atoms with Gasteiger partial charge in [-0.15, -0.1) is 11.3 Å². The fourth-order valence-corrected chi connectivity index (χ4v) is 3.17. The lowest BCUT2D eigenvalue weighted by Gasteiger charge is -2.02. The Hall–Kier alpha value is -1.32. The minimum atomic E-state index is 0.779. The van der Waals surface area contributed by atoms with E-state index in [9.17, 15) is 0 Å². The van der Waals surface area contributed by atoms with Crippen molar-refractivity contribution in [2.45, 2.75) is 20.4 Å². The van der Waals surface area contributed by atoms with Crippen molar-refractivity contribution in [2.75, 3.05) is 0 Å². The van der Waals surface area contributed by atoms with Gasteiger partial charge < -0.3 is 4.57 Å². The molecule has 4 heteroatoms. The topological polar surface area (TPSA) is 17.8 Å². The minimum absolute atomic E-state index is 0.779. The first kappa shape index (κ1) is 11.8. The lowest BCUT2D eigenvalue weighted by atomic mass is 10.2. The Balaban J connectivity index is 2.00. The number of rotatable bonds is 2. The molecule has 0 radical (unpaired) electrons. The molecular formula is C14H13ClN2S. The molecule has 0 fully saturated rings. The molecule has 0 aliphatic carbocycles. The van der Waals surface area contributed by atoms with Gasteiger partial charge in [-0.05, 0) is 38.1 Å². The Kier molecular flexibility index (Phi) is 2.88. The quantitative estimate of drug-likeness (QED) is 0.678. The van der Waals surface area contributed by atoms with Crippen molar-refractivity contribution in [3.8, 4) is 0 Å². The summed E-state index contributed by atoms with van der Waals surface area (Å²) in [5.74, 6) is 0. The van der Waals surface area contributed by atoms with Crippen LogP contribution in [0.4, 0.5) is 0 Å². The highest BCUT2D eigenvalue weighted by molar-refractivity contribution is 7.11.